The van der Waals surface area contributed by atoms with Gasteiger partial charge >= 0.3 is 0 Å². The normalized spacial score (nSPS) is 12.7. The highest BCUT2D eigenvalue weighted by Crippen LogP contribution is 2.27. The number of amides is 1. The summed E-state index contributed by atoms with van der Waals surface area (Å²) in [5, 5.41) is 1.30. The van der Waals surface area contributed by atoms with E-state index in [1.165, 1.54) is 17.7 Å². The van der Waals surface area contributed by atoms with Crippen LogP contribution >= 0.6 is 0 Å². The first-order chi connectivity index (χ1) is 14.0. The maximum Gasteiger partial charge on any atom is 0.245 e. The largest absolute Gasteiger partial charge is 0.414 e. The minimum atomic E-state index is -1.67. The summed E-state index contributed by atoms with van der Waals surface area (Å²) >= 11 is 0. The van der Waals surface area contributed by atoms with Gasteiger partial charge in [-0.2, -0.15) is 0 Å². The van der Waals surface area contributed by atoms with Gasteiger partial charge in [-0.05, 0) is 49.4 Å². The van der Waals surface area contributed by atoms with Crippen molar-refractivity contribution in [3.63, 3.8) is 0 Å². The van der Waals surface area contributed by atoms with Gasteiger partial charge in [0.25, 0.3) is 0 Å². The summed E-state index contributed by atoms with van der Waals surface area (Å²) in [5.74, 6) is 0.0161. The van der Waals surface area contributed by atoms with E-state index in [1.54, 1.807) is 7.05 Å². The number of benzene rings is 1. The first kappa shape index (κ1) is 25.8. The van der Waals surface area contributed by atoms with Crippen LogP contribution in [0.15, 0.2) is 30.3 Å². The summed E-state index contributed by atoms with van der Waals surface area (Å²) in [6.45, 7) is 8.17. The van der Waals surface area contributed by atoms with E-state index >= 15 is 0 Å². The number of hydrogen-bond acceptors (Lipinski definition) is 4. The van der Waals surface area contributed by atoms with E-state index in [1.807, 2.05) is 18.2 Å². The van der Waals surface area contributed by atoms with Crippen LogP contribution < -0.4 is 0 Å². The molecule has 0 radical (unpaired) electrons. The first-order valence-corrected chi connectivity index (χ1v) is 13.6. The molecule has 0 bridgehead atoms. The Balaban J connectivity index is 2.49. The second kappa shape index (κ2) is 14.7. The number of hydroxylamine groups is 2. The number of rotatable bonds is 16. The minimum absolute atomic E-state index is 0.0161. The Morgan fingerprint density at radius 3 is 2.24 bits per heavy atom. The highest BCUT2D eigenvalue weighted by molar-refractivity contribution is 6.73. The summed E-state index contributed by atoms with van der Waals surface area (Å²) in [6, 6.07) is 13.7. The van der Waals surface area contributed by atoms with Gasteiger partial charge in [-0.25, -0.2) is 5.06 Å². The Kier molecular flexibility index (Phi) is 13.1. The summed E-state index contributed by atoms with van der Waals surface area (Å²) in [5.41, 5.74) is 1.20. The van der Waals surface area contributed by atoms with Gasteiger partial charge < -0.3 is 9.16 Å². The fourth-order valence-electron chi connectivity index (χ4n) is 3.53. The van der Waals surface area contributed by atoms with Crippen LogP contribution in [-0.2, 0) is 25.4 Å². The molecule has 0 heterocycles. The average Bonchev–Trinajstić information content (AvgIpc) is 2.76. The SMILES string of the molecule is CC[Si](CC)(CC)O[C@@H](CCCOCc1ccccc1)CCCC(=O)N(C)OC. The Morgan fingerprint density at radius 2 is 1.66 bits per heavy atom. The molecule has 29 heavy (non-hydrogen) atoms. The van der Waals surface area contributed by atoms with Crippen molar-refractivity contribution in [1.82, 2.24) is 5.06 Å². The first-order valence-electron chi connectivity index (χ1n) is 11.1. The predicted octanol–water partition coefficient (Wildman–Crippen LogP) is 5.56. The molecule has 1 rings (SSSR count). The number of carbonyl (C=O) groups is 1. The van der Waals surface area contributed by atoms with Crippen molar-refractivity contribution in [2.24, 2.45) is 0 Å². The van der Waals surface area contributed by atoms with E-state index in [0.717, 1.165) is 50.4 Å². The molecular weight excluding hydrogens is 382 g/mol. The van der Waals surface area contributed by atoms with E-state index in [4.69, 9.17) is 14.0 Å². The molecule has 5 nitrogen and oxygen atoms in total. The monoisotopic (exact) mass is 423 g/mol. The number of nitrogens with zero attached hydrogens (tertiary/aromatic N) is 1. The van der Waals surface area contributed by atoms with Crippen LogP contribution in [0, 0.1) is 0 Å². The maximum absolute atomic E-state index is 12.0. The lowest BCUT2D eigenvalue weighted by Gasteiger charge is -2.33. The van der Waals surface area contributed by atoms with Gasteiger partial charge in [0.2, 0.25) is 5.91 Å². The molecule has 1 amide bonds. The molecule has 0 aliphatic rings. The fraction of sp³-hybridized carbons (Fsp3) is 0.696. The zero-order chi connectivity index (χ0) is 21.5. The van der Waals surface area contributed by atoms with Crippen LogP contribution in [-0.4, -0.2) is 46.2 Å². The minimum Gasteiger partial charge on any atom is -0.414 e. The van der Waals surface area contributed by atoms with Gasteiger partial charge in [0.15, 0.2) is 8.32 Å². The van der Waals surface area contributed by atoms with Crippen molar-refractivity contribution in [1.29, 1.82) is 0 Å². The molecule has 0 aromatic heterocycles. The summed E-state index contributed by atoms with van der Waals surface area (Å²) in [7, 11) is 1.50. The molecular formula is C23H41NO4Si. The summed E-state index contributed by atoms with van der Waals surface area (Å²) in [6.07, 6.45) is 4.40. The van der Waals surface area contributed by atoms with Crippen LogP contribution in [0.4, 0.5) is 0 Å². The predicted molar refractivity (Wildman–Crippen MR) is 121 cm³/mol. The highest BCUT2D eigenvalue weighted by Gasteiger charge is 2.31. The number of carbonyl (C=O) groups excluding carboxylic acids is 1. The third-order valence-electron chi connectivity index (χ3n) is 5.82. The summed E-state index contributed by atoms with van der Waals surface area (Å²) in [4.78, 5) is 17.0. The Labute approximate surface area is 178 Å². The van der Waals surface area contributed by atoms with Gasteiger partial charge in [-0.1, -0.05) is 51.1 Å². The Hall–Kier alpha value is -1.21. The zero-order valence-electron chi connectivity index (χ0n) is 19.1. The van der Waals surface area contributed by atoms with Crippen molar-refractivity contribution in [2.75, 3.05) is 20.8 Å². The standard InChI is InChI=1S/C23H41NO4Si/c1-6-29(7-2,8-3)28-22(16-12-18-23(25)24(4)26-5)17-13-19-27-20-21-14-10-9-11-15-21/h9-11,14-15,22H,6-8,12-13,16-20H2,1-5H3/t22-/m1/s1. The molecule has 0 unspecified atom stereocenters. The zero-order valence-corrected chi connectivity index (χ0v) is 20.1. The van der Waals surface area contributed by atoms with Crippen molar-refractivity contribution in [2.45, 2.75) is 83.7 Å². The van der Waals surface area contributed by atoms with Crippen LogP contribution in [0.3, 0.4) is 0 Å². The Bertz CT molecular complexity index is 543. The molecule has 1 aromatic rings. The molecule has 0 spiro atoms. The molecule has 0 saturated heterocycles. The van der Waals surface area contributed by atoms with Crippen LogP contribution in [0.25, 0.3) is 0 Å². The molecule has 0 fully saturated rings. The molecule has 6 heteroatoms. The van der Waals surface area contributed by atoms with Crippen molar-refractivity contribution < 1.29 is 18.8 Å². The maximum atomic E-state index is 12.0. The second-order valence-corrected chi connectivity index (χ2v) is 12.4. The average molecular weight is 424 g/mol. The van der Waals surface area contributed by atoms with E-state index in [0.29, 0.717) is 13.0 Å². The molecule has 1 aromatic carbocycles. The van der Waals surface area contributed by atoms with Crippen molar-refractivity contribution in [3.05, 3.63) is 35.9 Å². The van der Waals surface area contributed by atoms with Gasteiger partial charge in [0, 0.05) is 26.2 Å². The van der Waals surface area contributed by atoms with E-state index in [9.17, 15) is 4.79 Å². The quantitative estimate of drug-likeness (QED) is 0.198. The molecule has 0 N–H and O–H groups in total. The van der Waals surface area contributed by atoms with Gasteiger partial charge in [-0.15, -0.1) is 0 Å². The van der Waals surface area contributed by atoms with Gasteiger partial charge in [0.1, 0.15) is 0 Å². The topological polar surface area (TPSA) is 48.0 Å². The second-order valence-electron chi connectivity index (χ2n) is 7.63. The van der Waals surface area contributed by atoms with Crippen LogP contribution in [0.1, 0.15) is 58.4 Å². The lowest BCUT2D eigenvalue weighted by molar-refractivity contribution is -0.168. The van der Waals surface area contributed by atoms with Gasteiger partial charge in [0.05, 0.1) is 13.7 Å². The van der Waals surface area contributed by atoms with Crippen molar-refractivity contribution in [3.8, 4) is 0 Å². The molecule has 0 saturated carbocycles. The Morgan fingerprint density at radius 1 is 1.03 bits per heavy atom. The number of ether oxygens (including phenoxy) is 1. The van der Waals surface area contributed by atoms with Gasteiger partial charge in [-0.3, -0.25) is 9.63 Å². The lowest BCUT2D eigenvalue weighted by Crippen LogP contribution is -2.40. The van der Waals surface area contributed by atoms with Crippen LogP contribution in [0.5, 0.6) is 0 Å². The molecule has 0 aliphatic heterocycles. The third kappa shape index (κ3) is 9.89. The van der Waals surface area contributed by atoms with E-state index in [-0.39, 0.29) is 12.0 Å². The number of hydrogen-bond donors (Lipinski definition) is 0. The smallest absolute Gasteiger partial charge is 0.245 e. The van der Waals surface area contributed by atoms with E-state index in [2.05, 4.69) is 32.9 Å². The molecule has 1 atom stereocenters. The van der Waals surface area contributed by atoms with Crippen molar-refractivity contribution >= 4 is 14.2 Å². The molecule has 0 aliphatic carbocycles. The third-order valence-corrected chi connectivity index (χ3v) is 10.5. The van der Waals surface area contributed by atoms with Crippen LogP contribution in [0.2, 0.25) is 18.1 Å². The summed E-state index contributed by atoms with van der Waals surface area (Å²) < 4.78 is 12.6. The molecule has 166 valence electrons. The fourth-order valence-corrected chi connectivity index (χ4v) is 6.48. The van der Waals surface area contributed by atoms with E-state index < -0.39 is 8.32 Å². The highest BCUT2D eigenvalue weighted by atomic mass is 28.4. The lowest BCUT2D eigenvalue weighted by atomic mass is 10.1.